The summed E-state index contributed by atoms with van der Waals surface area (Å²) in [6.45, 7) is 0.395. The quantitative estimate of drug-likeness (QED) is 0.870. The van der Waals surface area contributed by atoms with Gasteiger partial charge in [-0.2, -0.15) is 4.31 Å². The Labute approximate surface area is 132 Å². The van der Waals surface area contributed by atoms with Gasteiger partial charge in [-0.15, -0.1) is 0 Å². The van der Waals surface area contributed by atoms with Gasteiger partial charge >= 0.3 is 5.97 Å². The molecule has 0 saturated carbocycles. The Bertz CT molecular complexity index is 911. The van der Waals surface area contributed by atoms with Gasteiger partial charge in [-0.05, 0) is 42.5 Å². The summed E-state index contributed by atoms with van der Waals surface area (Å²) in [5, 5.41) is 9.62. The zero-order valence-electron chi connectivity index (χ0n) is 12.2. The van der Waals surface area contributed by atoms with Gasteiger partial charge in [-0.3, -0.25) is 9.59 Å². The number of hydrogen-bond acceptors (Lipinski definition) is 4. The fraction of sp³-hybridized carbons (Fsp3) is 0.333. The predicted molar refractivity (Wildman–Crippen MR) is 83.7 cm³/mol. The average Bonchev–Trinajstić information content (AvgIpc) is 2.54. The van der Waals surface area contributed by atoms with Crippen molar-refractivity contribution >= 4 is 26.9 Å². The zero-order chi connectivity index (χ0) is 16.6. The molecule has 0 amide bonds. The molecule has 1 aromatic heterocycles. The van der Waals surface area contributed by atoms with Crippen molar-refractivity contribution in [2.75, 3.05) is 13.1 Å². The number of rotatable bonds is 3. The van der Waals surface area contributed by atoms with Crippen LogP contribution in [0.3, 0.4) is 0 Å². The first-order valence-corrected chi connectivity index (χ1v) is 8.68. The molecule has 23 heavy (non-hydrogen) atoms. The van der Waals surface area contributed by atoms with E-state index >= 15 is 0 Å². The smallest absolute Gasteiger partial charge is 0.306 e. The van der Waals surface area contributed by atoms with Crippen LogP contribution in [0, 0.1) is 5.92 Å². The molecule has 2 aromatic rings. The van der Waals surface area contributed by atoms with Crippen molar-refractivity contribution in [2.45, 2.75) is 17.7 Å². The largest absolute Gasteiger partial charge is 0.481 e. The van der Waals surface area contributed by atoms with E-state index in [1.807, 2.05) is 0 Å². The van der Waals surface area contributed by atoms with Crippen molar-refractivity contribution in [3.63, 3.8) is 0 Å². The highest BCUT2D eigenvalue weighted by Crippen LogP contribution is 2.25. The fourth-order valence-corrected chi connectivity index (χ4v) is 4.29. The molecule has 1 aliphatic heterocycles. The molecule has 1 aliphatic rings. The topological polar surface area (TPSA) is 108 Å². The van der Waals surface area contributed by atoms with Crippen LogP contribution >= 0.6 is 0 Å². The summed E-state index contributed by atoms with van der Waals surface area (Å²) in [6.07, 6.45) is 0.630. The number of aromatic amines is 1. The third kappa shape index (κ3) is 2.99. The Kier molecular flexibility index (Phi) is 3.95. The number of pyridine rings is 1. The first kappa shape index (κ1) is 15.7. The standard InChI is InChI=1S/C15H16N2O5S/c18-14-4-1-11-9-12(2-3-13(11)16-14)23(21,22)17-7-5-10(6-8-17)15(19)20/h1-4,9-10H,5-8H2,(H,16,18)(H,19,20). The van der Waals surface area contributed by atoms with Crippen LogP contribution in [-0.4, -0.2) is 41.9 Å². The lowest BCUT2D eigenvalue weighted by Gasteiger charge is -2.29. The van der Waals surface area contributed by atoms with Crippen LogP contribution in [0.5, 0.6) is 0 Å². The van der Waals surface area contributed by atoms with E-state index in [4.69, 9.17) is 5.11 Å². The number of nitrogens with zero attached hydrogens (tertiary/aromatic N) is 1. The molecule has 0 atom stereocenters. The number of carboxylic acid groups (broad SMARTS) is 1. The molecule has 0 unspecified atom stereocenters. The lowest BCUT2D eigenvalue weighted by atomic mass is 9.99. The maximum absolute atomic E-state index is 12.7. The van der Waals surface area contributed by atoms with Gasteiger partial charge in [-0.25, -0.2) is 8.42 Å². The molecule has 7 nitrogen and oxygen atoms in total. The average molecular weight is 336 g/mol. The minimum atomic E-state index is -3.66. The highest BCUT2D eigenvalue weighted by molar-refractivity contribution is 7.89. The predicted octanol–water partition coefficient (Wildman–Crippen LogP) is 1.01. The number of nitrogens with one attached hydrogen (secondary N) is 1. The van der Waals surface area contributed by atoms with Crippen molar-refractivity contribution in [3.8, 4) is 0 Å². The SMILES string of the molecule is O=C(O)C1CCN(S(=O)(=O)c2ccc3[nH]c(=O)ccc3c2)CC1. The monoisotopic (exact) mass is 336 g/mol. The number of aromatic nitrogens is 1. The summed E-state index contributed by atoms with van der Waals surface area (Å²) >= 11 is 0. The summed E-state index contributed by atoms with van der Waals surface area (Å²) in [5.74, 6) is -1.36. The van der Waals surface area contributed by atoms with E-state index < -0.39 is 21.9 Å². The Morgan fingerprint density at radius 3 is 2.52 bits per heavy atom. The van der Waals surface area contributed by atoms with Gasteiger partial charge in [0.05, 0.1) is 10.8 Å². The normalized spacial score (nSPS) is 17.4. The molecule has 3 rings (SSSR count). The van der Waals surface area contributed by atoms with Gasteiger partial charge in [0.25, 0.3) is 0 Å². The van der Waals surface area contributed by atoms with Crippen molar-refractivity contribution < 1.29 is 18.3 Å². The molecule has 1 aromatic carbocycles. The molecule has 2 heterocycles. The minimum Gasteiger partial charge on any atom is -0.481 e. The highest BCUT2D eigenvalue weighted by atomic mass is 32.2. The molecule has 1 saturated heterocycles. The highest BCUT2D eigenvalue weighted by Gasteiger charge is 2.32. The summed E-state index contributed by atoms with van der Waals surface area (Å²) in [5.41, 5.74) is 0.324. The molecule has 8 heteroatoms. The van der Waals surface area contributed by atoms with Gasteiger partial charge < -0.3 is 10.1 Å². The van der Waals surface area contributed by atoms with Crippen molar-refractivity contribution in [3.05, 3.63) is 40.7 Å². The van der Waals surface area contributed by atoms with E-state index in [-0.39, 0.29) is 23.5 Å². The van der Waals surface area contributed by atoms with Crippen LogP contribution in [0.1, 0.15) is 12.8 Å². The molecule has 0 bridgehead atoms. The van der Waals surface area contributed by atoms with Crippen molar-refractivity contribution in [2.24, 2.45) is 5.92 Å². The number of sulfonamides is 1. The second-order valence-electron chi connectivity index (χ2n) is 5.59. The van der Waals surface area contributed by atoms with Gasteiger partial charge in [0, 0.05) is 24.7 Å². The Balaban J connectivity index is 1.89. The molecule has 0 aliphatic carbocycles. The van der Waals surface area contributed by atoms with Crippen LogP contribution in [0.4, 0.5) is 0 Å². The van der Waals surface area contributed by atoms with Gasteiger partial charge in [0.15, 0.2) is 0 Å². The third-order valence-corrected chi connectivity index (χ3v) is 6.03. The van der Waals surface area contributed by atoms with E-state index in [0.717, 1.165) is 0 Å². The van der Waals surface area contributed by atoms with Crippen LogP contribution in [-0.2, 0) is 14.8 Å². The number of H-pyrrole nitrogens is 1. The number of carbonyl (C=O) groups is 1. The van der Waals surface area contributed by atoms with Crippen LogP contribution < -0.4 is 5.56 Å². The molecular weight excluding hydrogens is 320 g/mol. The summed E-state index contributed by atoms with van der Waals surface area (Å²) < 4.78 is 26.7. The Morgan fingerprint density at radius 2 is 1.87 bits per heavy atom. The van der Waals surface area contributed by atoms with Crippen molar-refractivity contribution in [1.29, 1.82) is 0 Å². The number of fused-ring (bicyclic) bond motifs is 1. The third-order valence-electron chi connectivity index (χ3n) is 4.14. The first-order chi connectivity index (χ1) is 10.9. The number of carboxylic acids is 1. The van der Waals surface area contributed by atoms with E-state index in [0.29, 0.717) is 23.7 Å². The van der Waals surface area contributed by atoms with Gasteiger partial charge in [0.2, 0.25) is 15.6 Å². The maximum Gasteiger partial charge on any atom is 0.306 e. The molecule has 122 valence electrons. The second-order valence-corrected chi connectivity index (χ2v) is 7.53. The van der Waals surface area contributed by atoms with E-state index in [1.165, 1.54) is 22.5 Å². The van der Waals surface area contributed by atoms with Crippen LogP contribution in [0.25, 0.3) is 10.9 Å². The van der Waals surface area contributed by atoms with Crippen LogP contribution in [0.15, 0.2) is 40.0 Å². The molecular formula is C15H16N2O5S. The second kappa shape index (κ2) is 5.78. The maximum atomic E-state index is 12.7. The fourth-order valence-electron chi connectivity index (χ4n) is 2.79. The zero-order valence-corrected chi connectivity index (χ0v) is 13.0. The van der Waals surface area contributed by atoms with E-state index in [1.54, 1.807) is 12.1 Å². The molecule has 0 radical (unpaired) electrons. The Hall–Kier alpha value is -2.19. The molecule has 1 fully saturated rings. The van der Waals surface area contributed by atoms with Gasteiger partial charge in [0.1, 0.15) is 0 Å². The van der Waals surface area contributed by atoms with E-state index in [9.17, 15) is 18.0 Å². The number of piperidine rings is 1. The number of aliphatic carboxylic acids is 1. The summed E-state index contributed by atoms with van der Waals surface area (Å²) in [7, 11) is -3.66. The lowest BCUT2D eigenvalue weighted by Crippen LogP contribution is -2.40. The number of benzene rings is 1. The van der Waals surface area contributed by atoms with Crippen LogP contribution in [0.2, 0.25) is 0 Å². The molecule has 0 spiro atoms. The van der Waals surface area contributed by atoms with Crippen molar-refractivity contribution in [1.82, 2.24) is 9.29 Å². The number of hydrogen-bond donors (Lipinski definition) is 2. The summed E-state index contributed by atoms with van der Waals surface area (Å²) in [6, 6.07) is 7.45. The van der Waals surface area contributed by atoms with Gasteiger partial charge in [-0.1, -0.05) is 0 Å². The minimum absolute atomic E-state index is 0.144. The van der Waals surface area contributed by atoms with E-state index in [2.05, 4.69) is 4.98 Å². The summed E-state index contributed by atoms with van der Waals surface area (Å²) in [4.78, 5) is 25.0. The first-order valence-electron chi connectivity index (χ1n) is 7.24. The lowest BCUT2D eigenvalue weighted by molar-refractivity contribution is -0.142. The molecule has 2 N–H and O–H groups in total. The Morgan fingerprint density at radius 1 is 1.17 bits per heavy atom.